The van der Waals surface area contributed by atoms with Crippen LogP contribution < -0.4 is 5.32 Å². The molecule has 2 heterocycles. The molecule has 1 N–H and O–H groups in total. The van der Waals surface area contributed by atoms with Crippen LogP contribution in [0.4, 0.5) is 5.82 Å². The smallest absolute Gasteiger partial charge is 0.165 e. The zero-order chi connectivity index (χ0) is 15.6. The van der Waals surface area contributed by atoms with Crippen LogP contribution >= 0.6 is 0 Å². The van der Waals surface area contributed by atoms with E-state index in [-0.39, 0.29) is 0 Å². The van der Waals surface area contributed by atoms with Gasteiger partial charge in [-0.2, -0.15) is 0 Å². The fourth-order valence-electron chi connectivity index (χ4n) is 3.41. The molecule has 0 atom stereocenters. The quantitative estimate of drug-likeness (QED) is 0.795. The highest BCUT2D eigenvalue weighted by Gasteiger charge is 2.20. The summed E-state index contributed by atoms with van der Waals surface area (Å²) in [7, 11) is 0. The van der Waals surface area contributed by atoms with Gasteiger partial charge in [0.25, 0.3) is 0 Å². The first-order valence-electron chi connectivity index (χ1n) is 8.40. The van der Waals surface area contributed by atoms with Gasteiger partial charge >= 0.3 is 0 Å². The minimum Gasteiger partial charge on any atom is -0.365 e. The molecule has 4 rings (SSSR count). The van der Waals surface area contributed by atoms with Crippen LogP contribution in [0.3, 0.4) is 0 Å². The van der Waals surface area contributed by atoms with Crippen molar-refractivity contribution in [3.05, 3.63) is 36.7 Å². The largest absolute Gasteiger partial charge is 0.365 e. The van der Waals surface area contributed by atoms with Gasteiger partial charge in [0.05, 0.1) is 0 Å². The number of aryl methyl sites for hydroxylation is 1. The van der Waals surface area contributed by atoms with Crippen molar-refractivity contribution in [2.45, 2.75) is 45.2 Å². The van der Waals surface area contributed by atoms with Gasteiger partial charge in [-0.1, -0.05) is 43.2 Å². The molecule has 1 aliphatic carbocycles. The lowest BCUT2D eigenvalue weighted by Gasteiger charge is -2.12. The number of nitrogens with one attached hydrogen (secondary N) is 1. The summed E-state index contributed by atoms with van der Waals surface area (Å²) >= 11 is 0. The molecule has 1 fully saturated rings. The van der Waals surface area contributed by atoms with Crippen molar-refractivity contribution in [1.29, 1.82) is 0 Å². The summed E-state index contributed by atoms with van der Waals surface area (Å²) in [5.74, 6) is 1.82. The average Bonchev–Trinajstić information content (AvgIpc) is 3.23. The summed E-state index contributed by atoms with van der Waals surface area (Å²) in [6.45, 7) is 2.96. The van der Waals surface area contributed by atoms with Gasteiger partial charge in [-0.05, 0) is 19.8 Å². The second kappa shape index (κ2) is 5.99. The Hall–Kier alpha value is -2.43. The second-order valence-electron chi connectivity index (χ2n) is 6.07. The van der Waals surface area contributed by atoms with Gasteiger partial charge in [-0.3, -0.25) is 0 Å². The molecule has 1 aliphatic rings. The van der Waals surface area contributed by atoms with Crippen molar-refractivity contribution >= 4 is 17.0 Å². The van der Waals surface area contributed by atoms with Gasteiger partial charge in [-0.15, -0.1) is 0 Å². The van der Waals surface area contributed by atoms with Crippen molar-refractivity contribution < 1.29 is 0 Å². The number of aromatic nitrogens is 4. The maximum Gasteiger partial charge on any atom is 0.165 e. The highest BCUT2D eigenvalue weighted by molar-refractivity contribution is 5.86. The van der Waals surface area contributed by atoms with Crippen LogP contribution in [0.15, 0.2) is 36.7 Å². The summed E-state index contributed by atoms with van der Waals surface area (Å²) in [5.41, 5.74) is 2.89. The Bertz CT molecular complexity index is 803. The van der Waals surface area contributed by atoms with E-state index in [1.54, 1.807) is 6.33 Å². The Labute approximate surface area is 135 Å². The number of benzene rings is 1. The molecule has 5 heteroatoms. The van der Waals surface area contributed by atoms with Gasteiger partial charge in [0.15, 0.2) is 17.0 Å². The number of nitrogens with zero attached hydrogens (tertiary/aromatic N) is 4. The zero-order valence-electron chi connectivity index (χ0n) is 13.4. The van der Waals surface area contributed by atoms with Gasteiger partial charge in [0.2, 0.25) is 0 Å². The molecule has 23 heavy (non-hydrogen) atoms. The highest BCUT2D eigenvalue weighted by Crippen LogP contribution is 2.28. The van der Waals surface area contributed by atoms with E-state index < -0.39 is 0 Å². The molecule has 1 saturated carbocycles. The van der Waals surface area contributed by atoms with Crippen LogP contribution in [0.25, 0.3) is 22.6 Å². The normalized spacial score (nSPS) is 15.3. The Kier molecular flexibility index (Phi) is 3.69. The lowest BCUT2D eigenvalue weighted by Crippen LogP contribution is -2.16. The van der Waals surface area contributed by atoms with Gasteiger partial charge in [0, 0.05) is 18.2 Å². The van der Waals surface area contributed by atoms with E-state index in [2.05, 4.69) is 38.9 Å². The predicted molar refractivity (Wildman–Crippen MR) is 92.3 cm³/mol. The maximum atomic E-state index is 4.87. The minimum atomic E-state index is 0.514. The second-order valence-corrected chi connectivity index (χ2v) is 6.07. The molecule has 0 amide bonds. The van der Waals surface area contributed by atoms with E-state index in [1.807, 2.05) is 18.2 Å². The molecule has 0 aliphatic heterocycles. The Morgan fingerprint density at radius 3 is 2.65 bits per heavy atom. The number of hydrogen-bond donors (Lipinski definition) is 1. The molecule has 118 valence electrons. The number of imidazole rings is 1. The van der Waals surface area contributed by atoms with Crippen LogP contribution in [0.5, 0.6) is 0 Å². The third-order valence-corrected chi connectivity index (χ3v) is 4.58. The monoisotopic (exact) mass is 307 g/mol. The van der Waals surface area contributed by atoms with E-state index >= 15 is 0 Å². The minimum absolute atomic E-state index is 0.514. The van der Waals surface area contributed by atoms with Crippen molar-refractivity contribution in [1.82, 2.24) is 19.5 Å². The molecule has 0 bridgehead atoms. The third-order valence-electron chi connectivity index (χ3n) is 4.58. The summed E-state index contributed by atoms with van der Waals surface area (Å²) in [6, 6.07) is 10.8. The summed E-state index contributed by atoms with van der Waals surface area (Å²) in [4.78, 5) is 13.8. The van der Waals surface area contributed by atoms with Gasteiger partial charge < -0.3 is 9.88 Å². The summed E-state index contributed by atoms with van der Waals surface area (Å²) in [5, 5.41) is 3.57. The lowest BCUT2D eigenvalue weighted by molar-refractivity contribution is 0.750. The molecule has 3 aromatic rings. The van der Waals surface area contributed by atoms with E-state index in [0.29, 0.717) is 6.04 Å². The number of rotatable bonds is 4. The summed E-state index contributed by atoms with van der Waals surface area (Å²) < 4.78 is 2.16. The van der Waals surface area contributed by atoms with E-state index in [1.165, 1.54) is 25.7 Å². The Morgan fingerprint density at radius 1 is 1.13 bits per heavy atom. The Morgan fingerprint density at radius 2 is 1.91 bits per heavy atom. The number of fused-ring (bicyclic) bond motifs is 1. The maximum absolute atomic E-state index is 4.87. The molecule has 0 radical (unpaired) electrons. The van der Waals surface area contributed by atoms with E-state index in [4.69, 9.17) is 4.98 Å². The first kappa shape index (κ1) is 14.2. The highest BCUT2D eigenvalue weighted by atomic mass is 15.2. The zero-order valence-corrected chi connectivity index (χ0v) is 13.4. The van der Waals surface area contributed by atoms with Gasteiger partial charge in [-0.25, -0.2) is 15.0 Å². The topological polar surface area (TPSA) is 55.6 Å². The predicted octanol–water partition coefficient (Wildman–Crippen LogP) is 3.87. The van der Waals surface area contributed by atoms with Crippen molar-refractivity contribution in [2.75, 3.05) is 5.32 Å². The first-order valence-corrected chi connectivity index (χ1v) is 8.40. The first-order chi connectivity index (χ1) is 11.4. The van der Waals surface area contributed by atoms with Crippen LogP contribution in [-0.2, 0) is 6.54 Å². The fourth-order valence-corrected chi connectivity index (χ4v) is 3.41. The third kappa shape index (κ3) is 2.56. The van der Waals surface area contributed by atoms with Crippen molar-refractivity contribution in [3.63, 3.8) is 0 Å². The fraction of sp³-hybridized carbons (Fsp3) is 0.389. The van der Waals surface area contributed by atoms with Crippen LogP contribution in [0, 0.1) is 0 Å². The molecule has 0 spiro atoms. The standard InChI is InChI=1S/C18H21N5/c1-2-23-17(13-8-4-3-5-9-13)22-15-16(19-12-20-18(15)23)21-14-10-6-7-11-14/h3-5,8-9,12,14H,2,6-7,10-11H2,1H3,(H,19,20,21). The molecule has 1 aromatic carbocycles. The Balaban J connectivity index is 1.82. The van der Waals surface area contributed by atoms with Crippen LogP contribution in [0.1, 0.15) is 32.6 Å². The molecule has 2 aromatic heterocycles. The molecule has 5 nitrogen and oxygen atoms in total. The van der Waals surface area contributed by atoms with Crippen LogP contribution in [0.2, 0.25) is 0 Å². The molecule has 0 saturated heterocycles. The van der Waals surface area contributed by atoms with Gasteiger partial charge in [0.1, 0.15) is 12.2 Å². The van der Waals surface area contributed by atoms with E-state index in [9.17, 15) is 0 Å². The van der Waals surface area contributed by atoms with Crippen LogP contribution in [-0.4, -0.2) is 25.6 Å². The lowest BCUT2D eigenvalue weighted by atomic mass is 10.2. The van der Waals surface area contributed by atoms with Crippen molar-refractivity contribution in [3.8, 4) is 11.4 Å². The van der Waals surface area contributed by atoms with Crippen molar-refractivity contribution in [2.24, 2.45) is 0 Å². The number of anilines is 1. The summed E-state index contributed by atoms with van der Waals surface area (Å²) in [6.07, 6.45) is 6.66. The number of hydrogen-bond acceptors (Lipinski definition) is 4. The molecule has 0 unspecified atom stereocenters. The SMILES string of the molecule is CCn1c(-c2ccccc2)nc2c(NC3CCCC3)ncnc21. The molecular formula is C18H21N5. The molecular weight excluding hydrogens is 286 g/mol. The van der Waals surface area contributed by atoms with E-state index in [0.717, 1.165) is 34.9 Å². The average molecular weight is 307 g/mol.